The number of rotatable bonds is 6. The van der Waals surface area contributed by atoms with Gasteiger partial charge in [-0.15, -0.1) is 10.2 Å². The number of ether oxygens (including phenoxy) is 1. The van der Waals surface area contributed by atoms with E-state index in [1.165, 1.54) is 18.4 Å². The number of carbonyl (C=O) groups is 1. The van der Waals surface area contributed by atoms with Crippen LogP contribution in [0.15, 0.2) is 42.5 Å². The molecule has 2 heterocycles. The minimum atomic E-state index is -0.301. The van der Waals surface area contributed by atoms with E-state index in [4.69, 9.17) is 16.3 Å². The number of nitrogens with zero attached hydrogens (tertiary/aromatic N) is 4. The van der Waals surface area contributed by atoms with E-state index in [9.17, 15) is 4.79 Å². The van der Waals surface area contributed by atoms with Crippen molar-refractivity contribution in [3.8, 4) is 16.3 Å². The van der Waals surface area contributed by atoms with Crippen LogP contribution in [-0.4, -0.2) is 32.8 Å². The summed E-state index contributed by atoms with van der Waals surface area (Å²) in [4.78, 5) is 13.5. The van der Waals surface area contributed by atoms with Crippen LogP contribution in [0.25, 0.3) is 15.5 Å². The van der Waals surface area contributed by atoms with E-state index in [0.29, 0.717) is 22.0 Å². The SMILES string of the molecule is CCCc1nnc2sc(-c3cccc(NC(=O)c4cc(Cl)ccc4OC)c3)nn12. The van der Waals surface area contributed by atoms with Crippen molar-refractivity contribution in [1.82, 2.24) is 19.8 Å². The molecule has 29 heavy (non-hydrogen) atoms. The van der Waals surface area contributed by atoms with Crippen LogP contribution >= 0.6 is 22.9 Å². The third-order valence-corrected chi connectivity index (χ3v) is 5.49. The first-order chi connectivity index (χ1) is 14.1. The Morgan fingerprint density at radius 3 is 2.90 bits per heavy atom. The highest BCUT2D eigenvalue weighted by atomic mass is 35.5. The zero-order valence-corrected chi connectivity index (χ0v) is 17.4. The number of hydrogen-bond donors (Lipinski definition) is 1. The zero-order chi connectivity index (χ0) is 20.4. The monoisotopic (exact) mass is 427 g/mol. The number of aromatic nitrogens is 4. The molecule has 0 aliphatic heterocycles. The Labute approximate surface area is 176 Å². The van der Waals surface area contributed by atoms with Gasteiger partial charge in [-0.2, -0.15) is 9.61 Å². The molecule has 0 atom stereocenters. The van der Waals surface area contributed by atoms with Crippen molar-refractivity contribution >= 4 is 39.5 Å². The summed E-state index contributed by atoms with van der Waals surface area (Å²) in [5.74, 6) is 1.01. The highest BCUT2D eigenvalue weighted by molar-refractivity contribution is 7.19. The topological polar surface area (TPSA) is 81.4 Å². The number of amides is 1. The molecule has 1 N–H and O–H groups in total. The van der Waals surface area contributed by atoms with Crippen LogP contribution in [-0.2, 0) is 6.42 Å². The number of halogens is 1. The molecule has 4 rings (SSSR count). The number of aryl methyl sites for hydroxylation is 1. The van der Waals surface area contributed by atoms with Crippen molar-refractivity contribution in [1.29, 1.82) is 0 Å². The molecular weight excluding hydrogens is 410 g/mol. The molecule has 0 radical (unpaired) electrons. The van der Waals surface area contributed by atoms with Gasteiger partial charge in [-0.1, -0.05) is 42.0 Å². The minimum absolute atomic E-state index is 0.301. The smallest absolute Gasteiger partial charge is 0.259 e. The summed E-state index contributed by atoms with van der Waals surface area (Å²) >= 11 is 7.49. The fourth-order valence-electron chi connectivity index (χ4n) is 2.94. The lowest BCUT2D eigenvalue weighted by Gasteiger charge is -2.10. The number of anilines is 1. The first-order valence-corrected chi connectivity index (χ1v) is 10.2. The number of fused-ring (bicyclic) bond motifs is 1. The number of carbonyl (C=O) groups excluding carboxylic acids is 1. The predicted octanol–water partition coefficient (Wildman–Crippen LogP) is 4.72. The molecule has 0 unspecified atom stereocenters. The van der Waals surface area contributed by atoms with Crippen molar-refractivity contribution in [3.05, 3.63) is 58.9 Å². The van der Waals surface area contributed by atoms with Crippen molar-refractivity contribution in [2.45, 2.75) is 19.8 Å². The van der Waals surface area contributed by atoms with E-state index in [1.54, 1.807) is 22.7 Å². The Balaban J connectivity index is 1.61. The molecule has 2 aromatic carbocycles. The van der Waals surface area contributed by atoms with Crippen LogP contribution < -0.4 is 10.1 Å². The molecule has 4 aromatic rings. The average Bonchev–Trinajstić information content (AvgIpc) is 3.30. The molecule has 7 nitrogen and oxygen atoms in total. The van der Waals surface area contributed by atoms with Gasteiger partial charge in [0.2, 0.25) is 4.96 Å². The largest absolute Gasteiger partial charge is 0.496 e. The first-order valence-electron chi connectivity index (χ1n) is 9.05. The van der Waals surface area contributed by atoms with Crippen molar-refractivity contribution in [3.63, 3.8) is 0 Å². The summed E-state index contributed by atoms with van der Waals surface area (Å²) in [7, 11) is 1.52. The molecule has 0 fully saturated rings. The fourth-order valence-corrected chi connectivity index (χ4v) is 3.97. The Morgan fingerprint density at radius 1 is 1.24 bits per heavy atom. The molecular formula is C20H18ClN5O2S. The van der Waals surface area contributed by atoms with Crippen molar-refractivity contribution in [2.24, 2.45) is 0 Å². The Hall–Kier alpha value is -2.97. The highest BCUT2D eigenvalue weighted by Crippen LogP contribution is 2.29. The van der Waals surface area contributed by atoms with Gasteiger partial charge in [0.25, 0.3) is 5.91 Å². The lowest BCUT2D eigenvalue weighted by Crippen LogP contribution is -2.13. The second-order valence-electron chi connectivity index (χ2n) is 6.35. The normalized spacial score (nSPS) is 11.0. The summed E-state index contributed by atoms with van der Waals surface area (Å²) in [6.45, 7) is 2.09. The zero-order valence-electron chi connectivity index (χ0n) is 15.8. The van der Waals surface area contributed by atoms with Crippen LogP contribution in [0.4, 0.5) is 5.69 Å². The Kier molecular flexibility index (Phi) is 5.46. The predicted molar refractivity (Wildman–Crippen MR) is 114 cm³/mol. The average molecular weight is 428 g/mol. The molecule has 2 aromatic heterocycles. The van der Waals surface area contributed by atoms with Crippen LogP contribution in [0, 0.1) is 0 Å². The van der Waals surface area contributed by atoms with Gasteiger partial charge < -0.3 is 10.1 Å². The van der Waals surface area contributed by atoms with Crippen LogP contribution in [0.1, 0.15) is 29.5 Å². The van der Waals surface area contributed by atoms with Gasteiger partial charge in [-0.25, -0.2) is 0 Å². The number of hydrogen-bond acceptors (Lipinski definition) is 6. The van der Waals surface area contributed by atoms with Gasteiger partial charge in [0, 0.05) is 22.7 Å². The Bertz CT molecular complexity index is 1190. The molecule has 0 aliphatic rings. The third-order valence-electron chi connectivity index (χ3n) is 4.30. The third kappa shape index (κ3) is 3.94. The maximum atomic E-state index is 12.7. The summed E-state index contributed by atoms with van der Waals surface area (Å²) in [5, 5.41) is 17.2. The molecule has 0 aliphatic carbocycles. The number of nitrogens with one attached hydrogen (secondary N) is 1. The van der Waals surface area contributed by atoms with Crippen molar-refractivity contribution in [2.75, 3.05) is 12.4 Å². The molecule has 0 spiro atoms. The summed E-state index contributed by atoms with van der Waals surface area (Å²) in [6, 6.07) is 12.4. The Morgan fingerprint density at radius 2 is 2.10 bits per heavy atom. The first kappa shape index (κ1) is 19.4. The molecule has 0 bridgehead atoms. The van der Waals surface area contributed by atoms with Crippen molar-refractivity contribution < 1.29 is 9.53 Å². The molecule has 9 heteroatoms. The number of methoxy groups -OCH3 is 1. The van der Waals surface area contributed by atoms with Gasteiger partial charge in [0.1, 0.15) is 10.8 Å². The van der Waals surface area contributed by atoms with E-state index in [2.05, 4.69) is 27.5 Å². The summed E-state index contributed by atoms with van der Waals surface area (Å²) < 4.78 is 7.05. The van der Waals surface area contributed by atoms with Gasteiger partial charge in [-0.3, -0.25) is 4.79 Å². The van der Waals surface area contributed by atoms with Gasteiger partial charge in [0.15, 0.2) is 5.82 Å². The second-order valence-corrected chi connectivity index (χ2v) is 7.74. The highest BCUT2D eigenvalue weighted by Gasteiger charge is 2.15. The lowest BCUT2D eigenvalue weighted by atomic mass is 10.1. The standard InChI is InChI=1S/C20H18ClN5O2S/c1-3-5-17-23-24-20-26(17)25-19(29-20)12-6-4-7-14(10-12)22-18(27)15-11-13(21)8-9-16(15)28-2/h4,6-11H,3,5H2,1-2H3,(H,22,27). The fraction of sp³-hybridized carbons (Fsp3) is 0.200. The van der Waals surface area contributed by atoms with E-state index in [1.807, 2.05) is 24.3 Å². The summed E-state index contributed by atoms with van der Waals surface area (Å²) in [6.07, 6.45) is 1.80. The molecule has 148 valence electrons. The van der Waals surface area contributed by atoms with E-state index in [-0.39, 0.29) is 5.91 Å². The van der Waals surface area contributed by atoms with E-state index >= 15 is 0 Å². The van der Waals surface area contributed by atoms with E-state index in [0.717, 1.165) is 34.2 Å². The lowest BCUT2D eigenvalue weighted by molar-refractivity contribution is 0.102. The van der Waals surface area contributed by atoms with Crippen LogP contribution in [0.2, 0.25) is 5.02 Å². The van der Waals surface area contributed by atoms with Crippen LogP contribution in [0.3, 0.4) is 0 Å². The van der Waals surface area contributed by atoms with Gasteiger partial charge >= 0.3 is 0 Å². The van der Waals surface area contributed by atoms with Crippen LogP contribution in [0.5, 0.6) is 5.75 Å². The van der Waals surface area contributed by atoms with Gasteiger partial charge in [0.05, 0.1) is 12.7 Å². The maximum Gasteiger partial charge on any atom is 0.259 e. The quantitative estimate of drug-likeness (QED) is 0.481. The van der Waals surface area contributed by atoms with Gasteiger partial charge in [-0.05, 0) is 36.8 Å². The number of benzene rings is 2. The molecule has 1 amide bonds. The second kappa shape index (κ2) is 8.18. The maximum absolute atomic E-state index is 12.7. The molecule has 0 saturated heterocycles. The minimum Gasteiger partial charge on any atom is -0.496 e. The molecule has 0 saturated carbocycles. The van der Waals surface area contributed by atoms with E-state index < -0.39 is 0 Å². The summed E-state index contributed by atoms with van der Waals surface area (Å²) in [5.41, 5.74) is 1.90.